The highest BCUT2D eigenvalue weighted by Crippen LogP contribution is 2.27. The number of nitrogens with one attached hydrogen (secondary N) is 2. The number of nitrogen functional groups attached to an aromatic ring is 1. The maximum Gasteiger partial charge on any atom is 0.253 e. The smallest absolute Gasteiger partial charge is 0.253 e. The van der Waals surface area contributed by atoms with Crippen LogP contribution in [0.15, 0.2) is 36.5 Å². The molecule has 7 heteroatoms. The number of anilines is 1. The minimum Gasteiger partial charge on any atom is -0.398 e. The van der Waals surface area contributed by atoms with Crippen LogP contribution in [0.25, 0.3) is 22.8 Å². The van der Waals surface area contributed by atoms with Gasteiger partial charge >= 0.3 is 0 Å². The molecule has 0 aliphatic carbocycles. The molecule has 0 bridgehead atoms. The minimum absolute atomic E-state index is 0.0950. The Bertz CT molecular complexity index is 950. The second kappa shape index (κ2) is 5.45. The van der Waals surface area contributed by atoms with Gasteiger partial charge in [0, 0.05) is 36.1 Å². The monoisotopic (exact) mass is 323 g/mol. The summed E-state index contributed by atoms with van der Waals surface area (Å²) in [6, 6.07) is 7.58. The Kier molecular flexibility index (Phi) is 3.26. The largest absolute Gasteiger partial charge is 0.398 e. The van der Waals surface area contributed by atoms with Gasteiger partial charge in [0.25, 0.3) is 5.91 Å². The number of benzene rings is 1. The maximum atomic E-state index is 13.5. The van der Waals surface area contributed by atoms with Gasteiger partial charge < -0.3 is 16.0 Å². The van der Waals surface area contributed by atoms with Crippen molar-refractivity contribution in [2.45, 2.75) is 6.42 Å². The molecule has 3 heterocycles. The van der Waals surface area contributed by atoms with Crippen LogP contribution in [0.2, 0.25) is 0 Å². The number of halogens is 1. The van der Waals surface area contributed by atoms with Crippen LogP contribution in [0.1, 0.15) is 16.1 Å². The third kappa shape index (κ3) is 2.40. The van der Waals surface area contributed by atoms with Gasteiger partial charge in [0.15, 0.2) is 5.82 Å². The van der Waals surface area contributed by atoms with E-state index in [0.717, 1.165) is 17.8 Å². The summed E-state index contributed by atoms with van der Waals surface area (Å²) in [6.07, 6.45) is 2.33. The number of hydrogen-bond donors (Lipinski definition) is 3. The van der Waals surface area contributed by atoms with Crippen molar-refractivity contribution in [2.75, 3.05) is 12.3 Å². The second-order valence-electron chi connectivity index (χ2n) is 5.58. The van der Waals surface area contributed by atoms with E-state index < -0.39 is 5.82 Å². The van der Waals surface area contributed by atoms with Crippen molar-refractivity contribution < 1.29 is 9.18 Å². The van der Waals surface area contributed by atoms with Crippen molar-refractivity contribution in [1.29, 1.82) is 0 Å². The first-order chi connectivity index (χ1) is 11.6. The average molecular weight is 323 g/mol. The predicted octanol–water partition coefficient (Wildman–Crippen LogP) is 2.15. The summed E-state index contributed by atoms with van der Waals surface area (Å²) in [5, 5.41) is 2.80. The molecule has 0 saturated carbocycles. The number of nitrogens with zero attached hydrogens (tertiary/aromatic N) is 2. The first-order valence-corrected chi connectivity index (χ1v) is 7.51. The second-order valence-corrected chi connectivity index (χ2v) is 5.58. The number of aromatic amines is 1. The Morgan fingerprint density at radius 3 is 2.88 bits per heavy atom. The van der Waals surface area contributed by atoms with E-state index in [2.05, 4.69) is 20.3 Å². The number of nitrogens with two attached hydrogens (primary N) is 1. The molecule has 0 saturated heterocycles. The predicted molar refractivity (Wildman–Crippen MR) is 87.7 cm³/mol. The summed E-state index contributed by atoms with van der Waals surface area (Å²) in [7, 11) is 0. The summed E-state index contributed by atoms with van der Waals surface area (Å²) < 4.78 is 13.5. The molecule has 0 atom stereocenters. The molecule has 1 aliphatic heterocycles. The van der Waals surface area contributed by atoms with E-state index in [1.54, 1.807) is 18.3 Å². The topological polar surface area (TPSA) is 96.7 Å². The van der Waals surface area contributed by atoms with Crippen molar-refractivity contribution in [2.24, 2.45) is 0 Å². The summed E-state index contributed by atoms with van der Waals surface area (Å²) in [6.45, 7) is 0.612. The lowest BCUT2D eigenvalue weighted by molar-refractivity contribution is 0.0946. The molecule has 0 spiro atoms. The van der Waals surface area contributed by atoms with E-state index >= 15 is 0 Å². The Labute approximate surface area is 136 Å². The number of H-pyrrole nitrogens is 1. The van der Waals surface area contributed by atoms with E-state index in [1.165, 1.54) is 18.2 Å². The molecule has 1 amide bonds. The number of aromatic nitrogens is 3. The highest BCUT2D eigenvalue weighted by Gasteiger charge is 2.20. The van der Waals surface area contributed by atoms with Gasteiger partial charge in [0.05, 0.1) is 17.0 Å². The Morgan fingerprint density at radius 1 is 1.17 bits per heavy atom. The quantitative estimate of drug-likeness (QED) is 0.630. The summed E-state index contributed by atoms with van der Waals surface area (Å²) in [5.74, 6) is -0.163. The normalized spacial score (nSPS) is 13.5. The van der Waals surface area contributed by atoms with Crippen molar-refractivity contribution in [1.82, 2.24) is 20.3 Å². The highest BCUT2D eigenvalue weighted by atomic mass is 19.1. The van der Waals surface area contributed by atoms with Gasteiger partial charge in [0.1, 0.15) is 5.82 Å². The zero-order valence-electron chi connectivity index (χ0n) is 12.6. The highest BCUT2D eigenvalue weighted by molar-refractivity contribution is 5.97. The third-order valence-corrected chi connectivity index (χ3v) is 3.99. The zero-order chi connectivity index (χ0) is 16.7. The number of carbonyl (C=O) groups excluding carboxylic acids is 1. The fourth-order valence-corrected chi connectivity index (χ4v) is 2.79. The molecule has 0 fully saturated rings. The molecule has 1 aromatic carbocycles. The van der Waals surface area contributed by atoms with E-state index in [-0.39, 0.29) is 5.91 Å². The van der Waals surface area contributed by atoms with Gasteiger partial charge in [-0.3, -0.25) is 4.79 Å². The molecule has 2 aromatic heterocycles. The first kappa shape index (κ1) is 14.4. The van der Waals surface area contributed by atoms with Gasteiger partial charge in [-0.15, -0.1) is 0 Å². The van der Waals surface area contributed by atoms with E-state index in [4.69, 9.17) is 5.73 Å². The molecule has 4 N–H and O–H groups in total. The van der Waals surface area contributed by atoms with E-state index in [9.17, 15) is 9.18 Å². The Hall–Kier alpha value is -3.22. The van der Waals surface area contributed by atoms with E-state index in [1.807, 2.05) is 0 Å². The van der Waals surface area contributed by atoms with Crippen LogP contribution < -0.4 is 11.1 Å². The number of fused-ring (bicyclic) bond motifs is 1. The third-order valence-electron chi connectivity index (χ3n) is 3.99. The molecular formula is C17H14FN5O. The summed E-state index contributed by atoms with van der Waals surface area (Å²) in [5.41, 5.74) is 9.59. The van der Waals surface area contributed by atoms with Crippen LogP contribution in [0, 0.1) is 5.82 Å². The van der Waals surface area contributed by atoms with Crippen LogP contribution in [0.5, 0.6) is 0 Å². The molecule has 4 rings (SSSR count). The summed E-state index contributed by atoms with van der Waals surface area (Å²) in [4.78, 5) is 23.8. The number of amides is 1. The fraction of sp³-hybridized carbons (Fsp3) is 0.118. The lowest BCUT2D eigenvalue weighted by Crippen LogP contribution is -2.31. The van der Waals surface area contributed by atoms with Gasteiger partial charge in [0.2, 0.25) is 0 Å². The van der Waals surface area contributed by atoms with Crippen LogP contribution >= 0.6 is 0 Å². The molecular weight excluding hydrogens is 309 g/mol. The Balaban J connectivity index is 1.78. The molecule has 1 aliphatic rings. The van der Waals surface area contributed by atoms with Crippen LogP contribution in [0.3, 0.4) is 0 Å². The zero-order valence-corrected chi connectivity index (χ0v) is 12.6. The standard InChI is InChI=1S/C17H14FN5O/c18-9-1-2-12(19)10(7-9)16-20-5-4-14(23-16)15-8-11-13(22-15)3-6-21-17(11)24/h1-2,4-5,7-8,22H,3,6,19H2,(H,21,24). The molecule has 0 unspecified atom stereocenters. The number of carbonyl (C=O) groups is 1. The molecule has 0 radical (unpaired) electrons. The lowest BCUT2D eigenvalue weighted by Gasteiger charge is -2.10. The van der Waals surface area contributed by atoms with Crippen LogP contribution in [0.4, 0.5) is 10.1 Å². The average Bonchev–Trinajstić information content (AvgIpc) is 3.03. The SMILES string of the molecule is Nc1ccc(F)cc1-c1nccc(-c2cc3c([nH]2)CCNC3=O)n1. The number of hydrogen-bond acceptors (Lipinski definition) is 4. The molecule has 3 aromatic rings. The Morgan fingerprint density at radius 2 is 2.04 bits per heavy atom. The number of rotatable bonds is 2. The maximum absolute atomic E-state index is 13.5. The van der Waals surface area contributed by atoms with Crippen LogP contribution in [-0.4, -0.2) is 27.4 Å². The van der Waals surface area contributed by atoms with Gasteiger partial charge in [-0.25, -0.2) is 14.4 Å². The van der Waals surface area contributed by atoms with Gasteiger partial charge in [-0.2, -0.15) is 0 Å². The minimum atomic E-state index is -0.403. The molecule has 6 nitrogen and oxygen atoms in total. The first-order valence-electron chi connectivity index (χ1n) is 7.51. The van der Waals surface area contributed by atoms with Gasteiger partial charge in [-0.1, -0.05) is 0 Å². The van der Waals surface area contributed by atoms with Crippen molar-refractivity contribution in [3.63, 3.8) is 0 Å². The molecule has 120 valence electrons. The lowest BCUT2D eigenvalue weighted by atomic mass is 10.1. The summed E-state index contributed by atoms with van der Waals surface area (Å²) >= 11 is 0. The van der Waals surface area contributed by atoms with Crippen molar-refractivity contribution in [3.05, 3.63) is 53.6 Å². The van der Waals surface area contributed by atoms with E-state index in [0.29, 0.717) is 34.9 Å². The molecule has 24 heavy (non-hydrogen) atoms. The van der Waals surface area contributed by atoms with Crippen molar-refractivity contribution >= 4 is 11.6 Å². The van der Waals surface area contributed by atoms with Gasteiger partial charge in [-0.05, 0) is 30.3 Å². The van der Waals surface area contributed by atoms with Crippen molar-refractivity contribution in [3.8, 4) is 22.8 Å². The van der Waals surface area contributed by atoms with Crippen LogP contribution in [-0.2, 0) is 6.42 Å². The fourth-order valence-electron chi connectivity index (χ4n) is 2.79.